The molecule has 14 heavy (non-hydrogen) atoms. The van der Waals surface area contributed by atoms with Crippen molar-refractivity contribution in [2.75, 3.05) is 26.7 Å². The summed E-state index contributed by atoms with van der Waals surface area (Å²) in [5.74, 6) is 0. The highest BCUT2D eigenvalue weighted by atomic mass is 32.3. The molecule has 0 aromatic carbocycles. The Balaban J connectivity index is 0.000000255. The fourth-order valence-corrected chi connectivity index (χ4v) is 1.28. The third-order valence-corrected chi connectivity index (χ3v) is 2.53. The summed E-state index contributed by atoms with van der Waals surface area (Å²) in [6.07, 6.45) is 4.30. The molecule has 1 aliphatic heterocycles. The van der Waals surface area contributed by atoms with Crippen LogP contribution in [0.25, 0.3) is 0 Å². The van der Waals surface area contributed by atoms with Crippen molar-refractivity contribution in [3.8, 4) is 0 Å². The lowest BCUT2D eigenvalue weighted by Crippen LogP contribution is -2.29. The van der Waals surface area contributed by atoms with Crippen LogP contribution in [0.15, 0.2) is 0 Å². The van der Waals surface area contributed by atoms with Gasteiger partial charge in [-0.2, -0.15) is 8.42 Å². The predicted molar refractivity (Wildman–Crippen MR) is 54.5 cm³/mol. The Morgan fingerprint density at radius 2 is 1.71 bits per heavy atom. The van der Waals surface area contributed by atoms with Crippen molar-refractivity contribution in [1.29, 1.82) is 0 Å². The van der Waals surface area contributed by atoms with Gasteiger partial charge in [-0.05, 0) is 32.5 Å². The number of piperidine rings is 1. The molecule has 0 amide bonds. The standard InChI is InChI=1S/C7H15N.CH4O4S/c1-2-8-6-4-3-5-7-8;1-5-6(2,3)4/h2-7H2,1H3;1H3,(H,2,3,4). The van der Waals surface area contributed by atoms with Gasteiger partial charge in [-0.15, -0.1) is 0 Å². The van der Waals surface area contributed by atoms with Crippen LogP contribution >= 0.6 is 0 Å². The van der Waals surface area contributed by atoms with Gasteiger partial charge in [0.15, 0.2) is 0 Å². The molecule has 6 heteroatoms. The van der Waals surface area contributed by atoms with Gasteiger partial charge in [-0.1, -0.05) is 13.3 Å². The zero-order chi connectivity index (χ0) is 11.0. The van der Waals surface area contributed by atoms with Crippen molar-refractivity contribution >= 4 is 10.4 Å². The molecule has 0 aliphatic carbocycles. The molecule has 1 saturated heterocycles. The maximum Gasteiger partial charge on any atom is 0.397 e. The summed E-state index contributed by atoms with van der Waals surface area (Å²) >= 11 is 0. The minimum Gasteiger partial charge on any atom is -0.304 e. The van der Waals surface area contributed by atoms with Gasteiger partial charge in [0.2, 0.25) is 0 Å². The molecular formula is C8H19NO4S. The zero-order valence-electron chi connectivity index (χ0n) is 8.77. The highest BCUT2D eigenvalue weighted by Gasteiger charge is 2.05. The molecule has 1 rings (SSSR count). The van der Waals surface area contributed by atoms with Crippen LogP contribution in [0.4, 0.5) is 0 Å². The molecule has 0 saturated carbocycles. The van der Waals surface area contributed by atoms with E-state index in [1.54, 1.807) is 0 Å². The van der Waals surface area contributed by atoms with Gasteiger partial charge < -0.3 is 4.90 Å². The minimum absolute atomic E-state index is 0.870. The Hall–Kier alpha value is -0.170. The Morgan fingerprint density at radius 3 is 1.93 bits per heavy atom. The second kappa shape index (κ2) is 7.17. The van der Waals surface area contributed by atoms with Gasteiger partial charge in [0, 0.05) is 0 Å². The van der Waals surface area contributed by atoms with Crippen LogP contribution in [0.5, 0.6) is 0 Å². The van der Waals surface area contributed by atoms with E-state index in [1.807, 2.05) is 0 Å². The van der Waals surface area contributed by atoms with Gasteiger partial charge in [0.1, 0.15) is 0 Å². The van der Waals surface area contributed by atoms with Gasteiger partial charge >= 0.3 is 10.4 Å². The quantitative estimate of drug-likeness (QED) is 0.708. The normalized spacial score (nSPS) is 18.5. The van der Waals surface area contributed by atoms with E-state index in [2.05, 4.69) is 16.0 Å². The van der Waals surface area contributed by atoms with E-state index in [0.717, 1.165) is 7.11 Å². The van der Waals surface area contributed by atoms with Crippen LogP contribution in [-0.2, 0) is 14.6 Å². The van der Waals surface area contributed by atoms with Gasteiger partial charge in [-0.25, -0.2) is 0 Å². The minimum atomic E-state index is -4.16. The summed E-state index contributed by atoms with van der Waals surface area (Å²) in [5.41, 5.74) is 0. The summed E-state index contributed by atoms with van der Waals surface area (Å²) in [5, 5.41) is 0. The average molecular weight is 225 g/mol. The first-order valence-corrected chi connectivity index (χ1v) is 6.11. The average Bonchev–Trinajstić information content (AvgIpc) is 2.19. The number of rotatable bonds is 2. The fraction of sp³-hybridized carbons (Fsp3) is 1.00. The van der Waals surface area contributed by atoms with Crippen molar-refractivity contribution in [3.05, 3.63) is 0 Å². The molecule has 1 aliphatic rings. The SMILES string of the molecule is CCN1CCCCC1.COS(=O)(=O)O. The van der Waals surface area contributed by atoms with Crippen molar-refractivity contribution in [2.45, 2.75) is 26.2 Å². The van der Waals surface area contributed by atoms with E-state index in [-0.39, 0.29) is 0 Å². The summed E-state index contributed by atoms with van der Waals surface area (Å²) in [7, 11) is -3.29. The second-order valence-corrected chi connectivity index (χ2v) is 4.28. The van der Waals surface area contributed by atoms with Gasteiger partial charge in [-0.3, -0.25) is 8.74 Å². The van der Waals surface area contributed by atoms with E-state index >= 15 is 0 Å². The summed E-state index contributed by atoms with van der Waals surface area (Å²) < 4.78 is 29.7. The fourth-order valence-electron chi connectivity index (χ4n) is 1.28. The van der Waals surface area contributed by atoms with Crippen LogP contribution in [0.1, 0.15) is 26.2 Å². The van der Waals surface area contributed by atoms with E-state index in [4.69, 9.17) is 4.55 Å². The molecule has 0 aromatic rings. The van der Waals surface area contributed by atoms with E-state index in [9.17, 15) is 8.42 Å². The topological polar surface area (TPSA) is 66.8 Å². The second-order valence-electron chi connectivity index (χ2n) is 3.09. The predicted octanol–water partition coefficient (Wildman–Crippen LogP) is 0.928. The molecule has 1 heterocycles. The highest BCUT2D eigenvalue weighted by molar-refractivity contribution is 7.80. The molecule has 0 bridgehead atoms. The Morgan fingerprint density at radius 1 is 1.29 bits per heavy atom. The number of likely N-dealkylation sites (tertiary alicyclic amines) is 1. The monoisotopic (exact) mass is 225 g/mol. The lowest BCUT2D eigenvalue weighted by atomic mass is 10.1. The summed E-state index contributed by atoms with van der Waals surface area (Å²) in [6.45, 7) is 6.18. The largest absolute Gasteiger partial charge is 0.397 e. The van der Waals surface area contributed by atoms with Gasteiger partial charge in [0.25, 0.3) is 0 Å². The smallest absolute Gasteiger partial charge is 0.304 e. The van der Waals surface area contributed by atoms with Crippen LogP contribution in [0.2, 0.25) is 0 Å². The van der Waals surface area contributed by atoms with Crippen LogP contribution in [-0.4, -0.2) is 44.6 Å². The Kier molecular flexibility index (Phi) is 7.08. The first kappa shape index (κ1) is 13.8. The van der Waals surface area contributed by atoms with Crippen LogP contribution in [0, 0.1) is 0 Å². The number of nitrogens with zero attached hydrogens (tertiary/aromatic N) is 1. The first-order chi connectivity index (χ1) is 6.49. The Bertz CT molecular complexity index is 221. The first-order valence-electron chi connectivity index (χ1n) is 4.75. The van der Waals surface area contributed by atoms with Gasteiger partial charge in [0.05, 0.1) is 7.11 Å². The number of hydrogen-bond acceptors (Lipinski definition) is 4. The molecule has 0 spiro atoms. The van der Waals surface area contributed by atoms with Crippen molar-refractivity contribution in [3.63, 3.8) is 0 Å². The zero-order valence-corrected chi connectivity index (χ0v) is 9.59. The van der Waals surface area contributed by atoms with Crippen molar-refractivity contribution in [2.24, 2.45) is 0 Å². The molecule has 5 nitrogen and oxygen atoms in total. The highest BCUT2D eigenvalue weighted by Crippen LogP contribution is 2.06. The van der Waals surface area contributed by atoms with E-state index in [1.165, 1.54) is 38.9 Å². The van der Waals surface area contributed by atoms with Crippen LogP contribution in [0.3, 0.4) is 0 Å². The maximum absolute atomic E-state index is 9.33. The number of hydrogen-bond donors (Lipinski definition) is 1. The Labute approximate surface area is 86.0 Å². The molecule has 0 unspecified atom stereocenters. The molecular weight excluding hydrogens is 206 g/mol. The van der Waals surface area contributed by atoms with Crippen LogP contribution < -0.4 is 0 Å². The molecule has 0 aromatic heterocycles. The molecule has 0 atom stereocenters. The van der Waals surface area contributed by atoms with Crippen molar-refractivity contribution < 1.29 is 17.2 Å². The lowest BCUT2D eigenvalue weighted by molar-refractivity contribution is 0.240. The molecule has 86 valence electrons. The summed E-state index contributed by atoms with van der Waals surface area (Å²) in [4.78, 5) is 2.52. The third-order valence-electron chi connectivity index (χ3n) is 2.11. The molecule has 1 N–H and O–H groups in total. The maximum atomic E-state index is 9.33. The van der Waals surface area contributed by atoms with E-state index < -0.39 is 10.4 Å². The molecule has 0 radical (unpaired) electrons. The third kappa shape index (κ3) is 8.43. The van der Waals surface area contributed by atoms with E-state index in [0.29, 0.717) is 0 Å². The summed E-state index contributed by atoms with van der Waals surface area (Å²) in [6, 6.07) is 0. The van der Waals surface area contributed by atoms with Crippen molar-refractivity contribution in [1.82, 2.24) is 4.90 Å². The lowest BCUT2D eigenvalue weighted by Gasteiger charge is -2.24. The molecule has 1 fully saturated rings.